The number of likely N-dealkylation sites (tertiary alicyclic amines) is 2. The number of esters is 1. The van der Waals surface area contributed by atoms with Crippen molar-refractivity contribution < 1.29 is 155 Å². The summed E-state index contributed by atoms with van der Waals surface area (Å²) in [5.74, 6) is -1.48. The number of carboxylic acids is 1. The van der Waals surface area contributed by atoms with Gasteiger partial charge < -0.3 is 85.5 Å². The summed E-state index contributed by atoms with van der Waals surface area (Å²) in [7, 11) is 2.95. The van der Waals surface area contributed by atoms with Crippen LogP contribution in [-0.4, -0.2) is 162 Å². The maximum atomic E-state index is 12.4. The number of rotatable bonds is 33. The molecule has 2 aliphatic rings. The van der Waals surface area contributed by atoms with E-state index >= 15 is 0 Å². The number of nitro benzene ring substituents is 4. The van der Waals surface area contributed by atoms with Crippen LogP contribution in [0.5, 0.6) is 0 Å². The summed E-state index contributed by atoms with van der Waals surface area (Å²) in [4.78, 5) is 88.8. The number of benzene rings is 6. The molecule has 107 heavy (non-hydrogen) atoms. The standard InChI is InChI=1S/C35H42Cl2N4O9.C19H20Cl3N2O5.C16H22N2O4.CH3F.CH4.2BrH.Na/c1-40(24-29-11-16-32(36)33(37)22-29,23-27-7-12-30(13-8-27)38(44)45)20-21-48-35(43)50-26-49-34(42)6-5-19-41(17-3-2-4-18-41)25-28-9-14-31(15-10-28)39(46)47;1-24(8-9-28-19(25)29-13-20,12-15-4-7-17(21)18(22)10-15)11-14-2-5-16(6-3-14)23(26)27;19-16(20)5-4-12-18(10-2-1-3-11-18)13-14-6-8-15(9-7-14)17(21)22;1-2;;;;/h7-16,22H,2-6,17-21,23-26H2,1H3;2-7,10H,8-9,11-13H2,1H3;6-9H,1-5,10-13H2;1H3;1H4;2*1H;/q+2;+1;;;;;;+1/p-2/i;;;1D;;;;. The van der Waals surface area contributed by atoms with Crippen molar-refractivity contribution >= 4 is 105 Å². The van der Waals surface area contributed by atoms with Crippen molar-refractivity contribution in [2.75, 3.05) is 99.7 Å². The molecular weight excluding hydrogens is 1640 g/mol. The van der Waals surface area contributed by atoms with Gasteiger partial charge in [0.1, 0.15) is 65.6 Å². The second kappa shape index (κ2) is 50.4. The first kappa shape index (κ1) is 96.7. The predicted molar refractivity (Wildman–Crippen MR) is 391 cm³/mol. The summed E-state index contributed by atoms with van der Waals surface area (Å²) in [6.07, 6.45) is 6.49. The monoisotopic (exact) mass is 1730 g/mol. The number of alkyl halides is 2. The van der Waals surface area contributed by atoms with E-state index in [9.17, 15) is 69.1 Å². The molecule has 2 unspecified atom stereocenters. The van der Waals surface area contributed by atoms with Gasteiger partial charge in [0.15, 0.2) is 6.07 Å². The van der Waals surface area contributed by atoms with E-state index in [4.69, 9.17) is 78.3 Å². The van der Waals surface area contributed by atoms with Crippen molar-refractivity contribution in [2.45, 2.75) is 111 Å². The van der Waals surface area contributed by atoms with Gasteiger partial charge >= 0.3 is 47.8 Å². The third-order valence-electron chi connectivity index (χ3n) is 17.7. The number of nitro groups is 4. The number of piperidine rings is 2. The minimum Gasteiger partial charge on any atom is -1.00 e. The quantitative estimate of drug-likeness (QED) is 0.00594. The molecule has 6 aromatic carbocycles. The van der Waals surface area contributed by atoms with Gasteiger partial charge in [-0.1, -0.05) is 77.6 Å². The van der Waals surface area contributed by atoms with Gasteiger partial charge in [-0.3, -0.25) is 49.6 Å². The summed E-state index contributed by atoms with van der Waals surface area (Å²) in [6.45, 7) is 9.62. The van der Waals surface area contributed by atoms with Crippen LogP contribution in [0.3, 0.4) is 0 Å². The van der Waals surface area contributed by atoms with Gasteiger partial charge in [-0.15, -0.1) is 0 Å². The van der Waals surface area contributed by atoms with Crippen molar-refractivity contribution in [3.8, 4) is 0 Å². The molecule has 2 atom stereocenters. The number of carboxylic acid groups (broad SMARTS) is 1. The molecule has 0 aliphatic carbocycles. The fourth-order valence-corrected chi connectivity index (χ4v) is 13.3. The molecule has 0 amide bonds. The first-order valence-electron chi connectivity index (χ1n) is 33.7. The van der Waals surface area contributed by atoms with Crippen LogP contribution in [0.25, 0.3) is 0 Å². The Morgan fingerprint density at radius 1 is 0.477 bits per heavy atom. The Labute approximate surface area is 692 Å². The minimum atomic E-state index is -1.00. The average Bonchev–Trinajstić information content (AvgIpc) is 0.842. The largest absolute Gasteiger partial charge is 1.00 e. The Kier molecular flexibility index (Phi) is 45.5. The molecular formula is C72H91Br2Cl5FN8NaO18+2. The number of quaternary nitrogens is 4. The van der Waals surface area contributed by atoms with Crippen molar-refractivity contribution in [3.63, 3.8) is 0 Å². The van der Waals surface area contributed by atoms with E-state index in [-0.39, 0.29) is 126 Å². The van der Waals surface area contributed by atoms with Crippen LogP contribution in [-0.2, 0) is 72.5 Å². The second-order valence-electron chi connectivity index (χ2n) is 25.8. The van der Waals surface area contributed by atoms with E-state index in [2.05, 4.69) is 4.74 Å². The third-order valence-corrected chi connectivity index (χ3v) is 19.3. The van der Waals surface area contributed by atoms with E-state index in [1.54, 1.807) is 60.7 Å². The van der Waals surface area contributed by atoms with Crippen LogP contribution in [0.15, 0.2) is 133 Å². The first-order chi connectivity index (χ1) is 49.5. The van der Waals surface area contributed by atoms with Crippen molar-refractivity contribution in [1.82, 2.24) is 0 Å². The van der Waals surface area contributed by atoms with E-state index in [1.165, 1.54) is 55.0 Å². The molecule has 2 saturated heterocycles. The fraction of sp³-hybridized carbons (Fsp3) is 0.444. The van der Waals surface area contributed by atoms with Gasteiger partial charge in [-0.05, 0) is 118 Å². The zero-order valence-corrected chi connectivity index (χ0v) is 68.1. The number of non-ortho nitro benzene ring substituents is 4. The minimum absolute atomic E-state index is 0. The molecule has 2 fully saturated rings. The van der Waals surface area contributed by atoms with E-state index < -0.39 is 57.9 Å². The molecule has 2 heterocycles. The smallest absolute Gasteiger partial charge is 1.00 e. The fourth-order valence-electron chi connectivity index (χ4n) is 12.6. The van der Waals surface area contributed by atoms with Crippen LogP contribution in [0, 0.1) is 40.5 Å². The summed E-state index contributed by atoms with van der Waals surface area (Å²) >= 11 is 29.8. The normalized spacial score (nSPS) is 14.2. The molecule has 0 saturated carbocycles. The van der Waals surface area contributed by atoms with E-state index in [0.717, 1.165) is 127 Å². The summed E-state index contributed by atoms with van der Waals surface area (Å²) < 4.78 is 43.0. The summed E-state index contributed by atoms with van der Waals surface area (Å²) in [5.41, 5.74) is 5.88. The Hall–Kier alpha value is -6.42. The molecule has 26 nitrogen and oxygen atoms in total. The number of nitrogens with zero attached hydrogens (tertiary/aromatic N) is 8. The zero-order valence-electron chi connectivity index (χ0n) is 60.2. The molecule has 8 rings (SSSR count). The van der Waals surface area contributed by atoms with Crippen LogP contribution in [0.4, 0.5) is 36.7 Å². The summed E-state index contributed by atoms with van der Waals surface area (Å²) in [5, 5.41) is 56.1. The number of carbonyl (C=O) groups excluding carboxylic acids is 4. The van der Waals surface area contributed by atoms with Crippen LogP contribution in [0.2, 0.25) is 20.1 Å². The molecule has 2 aliphatic heterocycles. The van der Waals surface area contributed by atoms with Crippen LogP contribution < -0.4 is 68.6 Å². The van der Waals surface area contributed by atoms with Gasteiger partial charge in [0.2, 0.25) is 6.79 Å². The van der Waals surface area contributed by atoms with Crippen LogP contribution >= 0.6 is 58.0 Å². The van der Waals surface area contributed by atoms with Gasteiger partial charge in [0, 0.05) is 101 Å². The third kappa shape index (κ3) is 35.9. The maximum Gasteiger partial charge on any atom is 1.00 e. The molecule has 582 valence electrons. The Morgan fingerprint density at radius 2 is 0.785 bits per heavy atom. The molecule has 35 heteroatoms. The van der Waals surface area contributed by atoms with Crippen molar-refractivity contribution in [1.29, 1.82) is 0 Å². The van der Waals surface area contributed by atoms with Crippen molar-refractivity contribution in [2.24, 2.45) is 0 Å². The number of hydrogen-bond acceptors (Lipinski definition) is 18. The van der Waals surface area contributed by atoms with Gasteiger partial charge in [-0.2, -0.15) is 0 Å². The predicted octanol–water partition coefficient (Wildman–Crippen LogP) is 6.85. The molecule has 6 aromatic rings. The second-order valence-corrected chi connectivity index (χ2v) is 27.6. The Morgan fingerprint density at radius 3 is 1.10 bits per heavy atom. The number of likely N-dealkylation sites (N-methyl/N-ethyl adjacent to an activating group) is 2. The number of aliphatic carboxylic acids is 1. The van der Waals surface area contributed by atoms with Gasteiger partial charge in [0.05, 0.1) is 108 Å². The topological polar surface area (TPSA) is 310 Å². The number of ether oxygens (including phenoxy) is 5. The van der Waals surface area contributed by atoms with E-state index in [1.807, 2.05) is 38.4 Å². The molecule has 0 N–H and O–H groups in total. The molecule has 0 spiro atoms. The van der Waals surface area contributed by atoms with Gasteiger partial charge in [0.25, 0.3) is 22.7 Å². The number of carbonyl (C=O) groups is 4. The zero-order chi connectivity index (χ0) is 76.3. The average molecular weight is 1740 g/mol. The van der Waals surface area contributed by atoms with Crippen molar-refractivity contribution in [3.05, 3.63) is 227 Å². The summed E-state index contributed by atoms with van der Waals surface area (Å²) in [6, 6.07) is 36.4. The maximum absolute atomic E-state index is 12.4. The Bertz CT molecular complexity index is 3800. The van der Waals surface area contributed by atoms with E-state index in [0.29, 0.717) is 81.2 Å². The number of hydrogen-bond donors (Lipinski definition) is 0. The number of halogens is 8. The van der Waals surface area contributed by atoms with Gasteiger partial charge in [-0.25, -0.2) is 9.59 Å². The van der Waals surface area contributed by atoms with Crippen LogP contribution in [0.1, 0.15) is 106 Å². The Balaban J connectivity index is 0.000000853. The SMILES string of the molecule is C.C[N+](CCOC(=O)OCCl)(Cc1ccc([N+](=O)[O-])cc1)Cc1ccc(Cl)c(Cl)c1.C[N+](CCOC(=O)OCOC(=O)CCC[N+]1(Cc2ccc([N+](=O)[O-])cc2)CCCCC1)(Cc1ccc([N+](=O)[O-])cc1)Cc1ccc(Cl)c(Cl)c1.O=C([O-])CCC[N+]1(Cc2ccc([N+](=O)[O-])cc2)CCCCC1.[2H]CF.[Br-].[Br-].[Na+]. The molecule has 0 aromatic heterocycles. The molecule has 0 radical (unpaired) electrons. The first-order valence-corrected chi connectivity index (χ1v) is 35.1. The molecule has 0 bridgehead atoms.